The normalized spacial score (nSPS) is 16.3. The fourth-order valence-corrected chi connectivity index (χ4v) is 3.79. The molecule has 0 saturated carbocycles. The third-order valence-corrected chi connectivity index (χ3v) is 5.50. The van der Waals surface area contributed by atoms with Crippen molar-refractivity contribution >= 4 is 11.6 Å². The highest BCUT2D eigenvalue weighted by atomic mass is 19.1. The molecule has 0 aliphatic carbocycles. The van der Waals surface area contributed by atoms with Gasteiger partial charge in [-0.2, -0.15) is 4.98 Å². The number of allylic oxidation sites excluding steroid dienone is 1. The van der Waals surface area contributed by atoms with Crippen LogP contribution in [-0.2, 0) is 0 Å². The van der Waals surface area contributed by atoms with Gasteiger partial charge < -0.3 is 14.6 Å². The number of benzene rings is 2. The Labute approximate surface area is 185 Å². The van der Waals surface area contributed by atoms with Crippen LogP contribution in [0.3, 0.4) is 0 Å². The summed E-state index contributed by atoms with van der Waals surface area (Å²) in [6.07, 6.45) is 1.82. The molecule has 4 rings (SSSR count). The largest absolute Gasteiger partial charge is 0.497 e. The molecular weight excluding hydrogens is 411 g/mol. The SMILES string of the molecule is CCCCN1C(=O)NC(c2cccc(OC)c2)C(c2nc(-c3cccc(F)c3)no2)=C1C. The van der Waals surface area contributed by atoms with E-state index in [0.29, 0.717) is 23.4 Å². The lowest BCUT2D eigenvalue weighted by molar-refractivity contribution is 0.204. The van der Waals surface area contributed by atoms with Gasteiger partial charge in [0.15, 0.2) is 0 Å². The molecule has 1 aliphatic rings. The van der Waals surface area contributed by atoms with Gasteiger partial charge in [-0.25, -0.2) is 9.18 Å². The summed E-state index contributed by atoms with van der Waals surface area (Å²) in [5.74, 6) is 0.847. The fourth-order valence-electron chi connectivity index (χ4n) is 3.79. The molecule has 0 bridgehead atoms. The fraction of sp³-hybridized carbons (Fsp3) is 0.292. The molecule has 0 radical (unpaired) electrons. The number of urea groups is 1. The Morgan fingerprint density at radius 1 is 1.22 bits per heavy atom. The summed E-state index contributed by atoms with van der Waals surface area (Å²) in [5, 5.41) is 7.13. The first kappa shape index (κ1) is 21.5. The van der Waals surface area contributed by atoms with Crippen LogP contribution < -0.4 is 10.1 Å². The number of carbonyl (C=O) groups is 1. The van der Waals surface area contributed by atoms with Gasteiger partial charge in [-0.3, -0.25) is 4.90 Å². The van der Waals surface area contributed by atoms with Gasteiger partial charge in [0.05, 0.1) is 18.7 Å². The molecule has 0 spiro atoms. The number of methoxy groups -OCH3 is 1. The number of hydrogen-bond acceptors (Lipinski definition) is 5. The van der Waals surface area contributed by atoms with Crippen molar-refractivity contribution in [1.29, 1.82) is 0 Å². The van der Waals surface area contributed by atoms with Crippen LogP contribution in [0.2, 0.25) is 0 Å². The first-order valence-electron chi connectivity index (χ1n) is 10.5. The van der Waals surface area contributed by atoms with Crippen molar-refractivity contribution in [2.75, 3.05) is 13.7 Å². The Morgan fingerprint density at radius 2 is 2.03 bits per heavy atom. The molecule has 1 atom stereocenters. The lowest BCUT2D eigenvalue weighted by Crippen LogP contribution is -2.46. The molecule has 2 heterocycles. The molecule has 1 aromatic heterocycles. The zero-order valence-corrected chi connectivity index (χ0v) is 18.3. The molecule has 3 aromatic rings. The Balaban J connectivity index is 1.81. The van der Waals surface area contributed by atoms with Crippen LogP contribution >= 0.6 is 0 Å². The standard InChI is InChI=1S/C24H25FN4O3/c1-4-5-12-29-15(2)20(21(26-24(29)30)16-8-7-11-19(14-16)31-3)23-27-22(28-32-23)17-9-6-10-18(25)13-17/h6-11,13-14,21H,4-5,12H2,1-3H3,(H,26,30). The summed E-state index contributed by atoms with van der Waals surface area (Å²) in [7, 11) is 1.59. The third kappa shape index (κ3) is 4.21. The number of rotatable bonds is 7. The summed E-state index contributed by atoms with van der Waals surface area (Å²) in [6, 6.07) is 12.8. The van der Waals surface area contributed by atoms with Crippen LogP contribution in [0.4, 0.5) is 9.18 Å². The molecule has 0 saturated heterocycles. The number of ether oxygens (including phenoxy) is 1. The summed E-state index contributed by atoms with van der Waals surface area (Å²) in [4.78, 5) is 19.2. The highest BCUT2D eigenvalue weighted by Crippen LogP contribution is 2.38. The van der Waals surface area contributed by atoms with Crippen molar-refractivity contribution in [3.63, 3.8) is 0 Å². The van der Waals surface area contributed by atoms with Crippen molar-refractivity contribution in [3.8, 4) is 17.1 Å². The van der Waals surface area contributed by atoms with Crippen LogP contribution in [0, 0.1) is 5.82 Å². The number of unbranched alkanes of at least 4 members (excludes halogenated alkanes) is 1. The summed E-state index contributed by atoms with van der Waals surface area (Å²) in [6.45, 7) is 4.53. The number of hydrogen-bond donors (Lipinski definition) is 1. The number of nitrogens with one attached hydrogen (secondary N) is 1. The molecule has 1 aliphatic heterocycles. The van der Waals surface area contributed by atoms with Crippen molar-refractivity contribution in [3.05, 3.63) is 71.5 Å². The Kier molecular flexibility index (Phi) is 6.20. The molecule has 1 N–H and O–H groups in total. The average Bonchev–Trinajstić information content (AvgIpc) is 3.28. The van der Waals surface area contributed by atoms with Crippen LogP contribution in [0.25, 0.3) is 17.0 Å². The topological polar surface area (TPSA) is 80.5 Å². The van der Waals surface area contributed by atoms with E-state index in [2.05, 4.69) is 22.4 Å². The first-order chi connectivity index (χ1) is 15.5. The number of carbonyl (C=O) groups excluding carboxylic acids is 1. The van der Waals surface area contributed by atoms with Crippen LogP contribution in [-0.4, -0.2) is 34.7 Å². The van der Waals surface area contributed by atoms with E-state index in [-0.39, 0.29) is 23.6 Å². The van der Waals surface area contributed by atoms with E-state index in [4.69, 9.17) is 9.26 Å². The second-order valence-corrected chi connectivity index (χ2v) is 7.60. The number of amides is 2. The molecular formula is C24H25FN4O3. The predicted molar refractivity (Wildman–Crippen MR) is 118 cm³/mol. The van der Waals surface area contributed by atoms with Crippen molar-refractivity contribution < 1.29 is 18.4 Å². The van der Waals surface area contributed by atoms with Crippen LogP contribution in [0.5, 0.6) is 5.75 Å². The minimum atomic E-state index is -0.503. The molecule has 32 heavy (non-hydrogen) atoms. The van der Waals surface area contributed by atoms with Gasteiger partial charge in [-0.05, 0) is 43.2 Å². The summed E-state index contributed by atoms with van der Waals surface area (Å²) < 4.78 is 24.7. The quantitative estimate of drug-likeness (QED) is 0.552. The minimum absolute atomic E-state index is 0.183. The highest BCUT2D eigenvalue weighted by Gasteiger charge is 2.35. The number of halogens is 1. The maximum absolute atomic E-state index is 13.7. The lowest BCUT2D eigenvalue weighted by Gasteiger charge is -2.35. The highest BCUT2D eigenvalue weighted by molar-refractivity contribution is 5.87. The van der Waals surface area contributed by atoms with Gasteiger partial charge in [0.2, 0.25) is 5.82 Å². The zero-order chi connectivity index (χ0) is 22.7. The molecule has 7 nitrogen and oxygen atoms in total. The van der Waals surface area contributed by atoms with Gasteiger partial charge in [0.25, 0.3) is 5.89 Å². The first-order valence-corrected chi connectivity index (χ1v) is 10.5. The van der Waals surface area contributed by atoms with Gasteiger partial charge in [-0.15, -0.1) is 0 Å². The van der Waals surface area contributed by atoms with E-state index >= 15 is 0 Å². The van der Waals surface area contributed by atoms with Gasteiger partial charge in [-0.1, -0.05) is 42.8 Å². The van der Waals surface area contributed by atoms with Gasteiger partial charge >= 0.3 is 6.03 Å². The maximum Gasteiger partial charge on any atom is 0.322 e. The average molecular weight is 436 g/mol. The van der Waals surface area contributed by atoms with E-state index in [0.717, 1.165) is 24.1 Å². The Bertz CT molecular complexity index is 1160. The van der Waals surface area contributed by atoms with Crippen molar-refractivity contribution in [2.45, 2.75) is 32.7 Å². The molecule has 2 amide bonds. The number of nitrogens with zero attached hydrogens (tertiary/aromatic N) is 3. The minimum Gasteiger partial charge on any atom is -0.497 e. The molecule has 1 unspecified atom stereocenters. The summed E-state index contributed by atoms with van der Waals surface area (Å²) in [5.41, 5.74) is 2.78. The van der Waals surface area contributed by atoms with Crippen LogP contribution in [0.1, 0.15) is 44.2 Å². The Hall–Kier alpha value is -3.68. The van der Waals surface area contributed by atoms with E-state index in [9.17, 15) is 9.18 Å². The predicted octanol–water partition coefficient (Wildman–Crippen LogP) is 5.18. The van der Waals surface area contributed by atoms with E-state index < -0.39 is 6.04 Å². The third-order valence-electron chi connectivity index (χ3n) is 5.50. The molecule has 0 fully saturated rings. The summed E-state index contributed by atoms with van der Waals surface area (Å²) >= 11 is 0. The van der Waals surface area contributed by atoms with Crippen molar-refractivity contribution in [2.24, 2.45) is 0 Å². The number of aromatic nitrogens is 2. The van der Waals surface area contributed by atoms with Crippen molar-refractivity contribution in [1.82, 2.24) is 20.4 Å². The molecule has 8 heteroatoms. The lowest BCUT2D eigenvalue weighted by atomic mass is 9.94. The van der Waals surface area contributed by atoms with E-state index in [1.54, 1.807) is 24.1 Å². The zero-order valence-electron chi connectivity index (χ0n) is 18.3. The monoisotopic (exact) mass is 436 g/mol. The second-order valence-electron chi connectivity index (χ2n) is 7.60. The van der Waals surface area contributed by atoms with Gasteiger partial charge in [0, 0.05) is 17.8 Å². The second kappa shape index (κ2) is 9.21. The molecule has 2 aromatic carbocycles. The van der Waals surface area contributed by atoms with E-state index in [1.807, 2.05) is 31.2 Å². The maximum atomic E-state index is 13.7. The Morgan fingerprint density at radius 3 is 2.78 bits per heavy atom. The van der Waals surface area contributed by atoms with Gasteiger partial charge in [0.1, 0.15) is 11.6 Å². The van der Waals surface area contributed by atoms with Crippen LogP contribution in [0.15, 0.2) is 58.8 Å². The smallest absolute Gasteiger partial charge is 0.322 e. The molecule has 166 valence electrons. The van der Waals surface area contributed by atoms with E-state index in [1.165, 1.54) is 12.1 Å².